The molecule has 7 nitrogen and oxygen atoms in total. The van der Waals surface area contributed by atoms with Gasteiger partial charge in [0.05, 0.1) is 46.9 Å². The van der Waals surface area contributed by atoms with Crippen molar-refractivity contribution in [1.82, 2.24) is 15.2 Å². The third kappa shape index (κ3) is 3.61. The van der Waals surface area contributed by atoms with Gasteiger partial charge >= 0.3 is 5.92 Å². The number of aryl methyl sites for hydroxylation is 1. The van der Waals surface area contributed by atoms with Crippen LogP contribution in [-0.2, 0) is 10.7 Å². The molecule has 10 heteroatoms. The molecule has 0 radical (unpaired) electrons. The molecule has 0 amide bonds. The lowest BCUT2D eigenvalue weighted by Gasteiger charge is -2.47. The van der Waals surface area contributed by atoms with E-state index in [1.807, 2.05) is 19.2 Å². The number of nitrogens with zero attached hydrogens (tertiary/aromatic N) is 4. The van der Waals surface area contributed by atoms with Gasteiger partial charge < -0.3 is 20.1 Å². The Hall–Kier alpha value is -2.98. The van der Waals surface area contributed by atoms with Crippen molar-refractivity contribution in [3.05, 3.63) is 53.1 Å². The summed E-state index contributed by atoms with van der Waals surface area (Å²) < 4.78 is 50.6. The van der Waals surface area contributed by atoms with Gasteiger partial charge in [0.2, 0.25) is 0 Å². The van der Waals surface area contributed by atoms with E-state index in [1.54, 1.807) is 6.92 Å². The lowest BCUT2D eigenvalue weighted by Crippen LogP contribution is -2.57. The molecule has 2 unspecified atom stereocenters. The van der Waals surface area contributed by atoms with E-state index >= 15 is 4.39 Å². The fraction of sp³-hybridized carbons (Fsp3) is 0.480. The smallest absolute Gasteiger partial charge is 0.304 e. The Morgan fingerprint density at radius 1 is 1.23 bits per heavy atom. The standard InChI is InChI=1S/C25H26F3N5O2/c1-13(18-4-3-5-20(21(18)26)25(27,28)24(34)6-7-24)30-23-19-8-15(10-29-22(19)14(2)31-32-23)33-11-16-9-17(12-33)35-16/h3-5,8,10,13,16-17,34H,6-7,9,11-12H2,1-2H3,(H,30,32)/t13-,16?,17?/m1/s1. The average molecular weight is 486 g/mol. The molecule has 2 bridgehead atoms. The predicted molar refractivity (Wildman–Crippen MR) is 124 cm³/mol. The Morgan fingerprint density at radius 3 is 2.63 bits per heavy atom. The molecule has 1 saturated carbocycles. The Bertz CT molecular complexity index is 1300. The van der Waals surface area contributed by atoms with E-state index in [9.17, 15) is 13.9 Å². The Morgan fingerprint density at radius 2 is 1.94 bits per heavy atom. The number of hydrogen-bond donors (Lipinski definition) is 2. The number of aliphatic hydroxyl groups is 1. The van der Waals surface area contributed by atoms with Gasteiger partial charge in [-0.3, -0.25) is 4.98 Å². The first-order chi connectivity index (χ1) is 16.7. The molecule has 7 rings (SSSR count). The second kappa shape index (κ2) is 7.76. The van der Waals surface area contributed by atoms with Gasteiger partial charge in [0.15, 0.2) is 5.82 Å². The van der Waals surface area contributed by atoms with Crippen LogP contribution in [0.2, 0.25) is 0 Å². The first-order valence-corrected chi connectivity index (χ1v) is 11.9. The van der Waals surface area contributed by atoms with Crippen molar-refractivity contribution in [2.75, 3.05) is 23.3 Å². The minimum absolute atomic E-state index is 0.0532. The number of pyridine rings is 1. The number of fused-ring (bicyclic) bond motifs is 3. The number of aromatic nitrogens is 3. The van der Waals surface area contributed by atoms with Crippen LogP contribution in [0, 0.1) is 12.7 Å². The third-order valence-corrected chi connectivity index (χ3v) is 7.39. The zero-order chi connectivity index (χ0) is 24.5. The summed E-state index contributed by atoms with van der Waals surface area (Å²) in [4.78, 5) is 6.84. The van der Waals surface area contributed by atoms with Gasteiger partial charge in [0, 0.05) is 30.5 Å². The first kappa shape index (κ1) is 22.5. The monoisotopic (exact) mass is 485 g/mol. The Kier molecular flexibility index (Phi) is 4.98. The minimum Gasteiger partial charge on any atom is -0.383 e. The molecule has 2 aromatic heterocycles. The summed E-state index contributed by atoms with van der Waals surface area (Å²) in [5.74, 6) is -4.31. The normalized spacial score (nSPS) is 23.7. The molecule has 0 spiro atoms. The molecular formula is C25H26F3N5O2. The van der Waals surface area contributed by atoms with Crippen molar-refractivity contribution in [2.24, 2.45) is 0 Å². The highest BCUT2D eigenvalue weighted by atomic mass is 19.3. The van der Waals surface area contributed by atoms with Crippen LogP contribution < -0.4 is 10.2 Å². The lowest BCUT2D eigenvalue weighted by atomic mass is 9.96. The number of hydrogen-bond acceptors (Lipinski definition) is 7. The Labute approximate surface area is 200 Å². The van der Waals surface area contributed by atoms with E-state index in [-0.39, 0.29) is 30.6 Å². The van der Waals surface area contributed by atoms with Gasteiger partial charge in [-0.1, -0.05) is 12.1 Å². The molecule has 4 aliphatic rings. The largest absolute Gasteiger partial charge is 0.383 e. The quantitative estimate of drug-likeness (QED) is 0.540. The number of benzene rings is 1. The van der Waals surface area contributed by atoms with Crippen LogP contribution in [0.3, 0.4) is 0 Å². The van der Waals surface area contributed by atoms with E-state index in [2.05, 4.69) is 25.4 Å². The van der Waals surface area contributed by atoms with Crippen LogP contribution in [0.25, 0.3) is 10.9 Å². The zero-order valence-corrected chi connectivity index (χ0v) is 19.4. The molecule has 2 N–H and O–H groups in total. The van der Waals surface area contributed by atoms with Crippen molar-refractivity contribution >= 4 is 22.4 Å². The van der Waals surface area contributed by atoms with Gasteiger partial charge in [0.25, 0.3) is 0 Å². The number of piperidine rings is 1. The van der Waals surface area contributed by atoms with Crippen molar-refractivity contribution in [3.63, 3.8) is 0 Å². The van der Waals surface area contributed by atoms with Crippen LogP contribution in [-0.4, -0.2) is 51.2 Å². The number of morpholine rings is 1. The van der Waals surface area contributed by atoms with Gasteiger partial charge in [-0.2, -0.15) is 13.9 Å². The van der Waals surface area contributed by atoms with E-state index in [4.69, 9.17) is 4.74 Å². The summed E-state index contributed by atoms with van der Waals surface area (Å²) >= 11 is 0. The lowest BCUT2D eigenvalue weighted by molar-refractivity contribution is -0.134. The predicted octanol–water partition coefficient (Wildman–Crippen LogP) is 4.24. The minimum atomic E-state index is -3.67. The van der Waals surface area contributed by atoms with E-state index in [1.165, 1.54) is 12.1 Å². The number of anilines is 2. The van der Waals surface area contributed by atoms with Crippen molar-refractivity contribution in [2.45, 2.75) is 62.9 Å². The summed E-state index contributed by atoms with van der Waals surface area (Å²) in [6.07, 6.45) is 3.25. The van der Waals surface area contributed by atoms with Crippen LogP contribution in [0.4, 0.5) is 24.7 Å². The summed E-state index contributed by atoms with van der Waals surface area (Å²) in [7, 11) is 0. The van der Waals surface area contributed by atoms with Gasteiger partial charge in [-0.15, -0.1) is 5.10 Å². The third-order valence-electron chi connectivity index (χ3n) is 7.39. The van der Waals surface area contributed by atoms with Crippen LogP contribution in [0.1, 0.15) is 49.0 Å². The molecule has 3 atom stereocenters. The maximum absolute atomic E-state index is 15.3. The number of nitrogens with one attached hydrogen (secondary N) is 1. The van der Waals surface area contributed by atoms with Crippen molar-refractivity contribution < 1.29 is 23.0 Å². The first-order valence-electron chi connectivity index (χ1n) is 11.9. The second-order valence-corrected chi connectivity index (χ2v) is 9.93. The molecule has 5 heterocycles. The molecule has 184 valence electrons. The SMILES string of the molecule is Cc1nnc(N[C@H](C)c2cccc(C(F)(F)C3(O)CC3)c2F)c2cc(N3CC4CC(C3)O4)cnc12. The molecule has 1 aliphatic carbocycles. The molecule has 3 aliphatic heterocycles. The van der Waals surface area contributed by atoms with Crippen molar-refractivity contribution in [1.29, 1.82) is 0 Å². The number of halogens is 3. The number of ether oxygens (including phenoxy) is 1. The van der Waals surface area contributed by atoms with Gasteiger partial charge in [-0.25, -0.2) is 4.39 Å². The summed E-state index contributed by atoms with van der Waals surface area (Å²) in [6.45, 7) is 5.07. The molecule has 4 fully saturated rings. The van der Waals surface area contributed by atoms with Gasteiger partial charge in [-0.05, 0) is 38.8 Å². The maximum Gasteiger partial charge on any atom is 0.304 e. The molecule has 35 heavy (non-hydrogen) atoms. The number of rotatable bonds is 6. The van der Waals surface area contributed by atoms with E-state index in [0.717, 1.165) is 36.7 Å². The van der Waals surface area contributed by atoms with E-state index in [0.29, 0.717) is 17.0 Å². The maximum atomic E-state index is 15.3. The molecular weight excluding hydrogens is 459 g/mol. The van der Waals surface area contributed by atoms with Crippen LogP contribution in [0.5, 0.6) is 0 Å². The molecule has 3 saturated heterocycles. The van der Waals surface area contributed by atoms with Crippen LogP contribution >= 0.6 is 0 Å². The zero-order valence-electron chi connectivity index (χ0n) is 19.4. The highest BCUT2D eigenvalue weighted by Gasteiger charge is 2.63. The molecule has 1 aromatic carbocycles. The number of alkyl halides is 2. The second-order valence-electron chi connectivity index (χ2n) is 9.93. The Balaban J connectivity index is 1.33. The van der Waals surface area contributed by atoms with Crippen molar-refractivity contribution in [3.8, 4) is 0 Å². The van der Waals surface area contributed by atoms with E-state index < -0.39 is 28.9 Å². The summed E-state index contributed by atoms with van der Waals surface area (Å²) in [6, 6.07) is 5.16. The fourth-order valence-electron chi connectivity index (χ4n) is 5.09. The highest BCUT2D eigenvalue weighted by molar-refractivity contribution is 5.92. The topological polar surface area (TPSA) is 83.4 Å². The van der Waals surface area contributed by atoms with Gasteiger partial charge in [0.1, 0.15) is 11.4 Å². The summed E-state index contributed by atoms with van der Waals surface area (Å²) in [5, 5.41) is 22.3. The average Bonchev–Trinajstić information content (AvgIpc) is 3.59. The summed E-state index contributed by atoms with van der Waals surface area (Å²) in [5.41, 5.74) is -0.667. The molecule has 3 aromatic rings. The fourth-order valence-corrected chi connectivity index (χ4v) is 5.09. The highest BCUT2D eigenvalue weighted by Crippen LogP contribution is 2.54. The van der Waals surface area contributed by atoms with Crippen LogP contribution in [0.15, 0.2) is 30.5 Å².